The van der Waals surface area contributed by atoms with Crippen molar-refractivity contribution < 1.29 is 33.3 Å². The van der Waals surface area contributed by atoms with E-state index in [4.69, 9.17) is 14.2 Å². The predicted octanol–water partition coefficient (Wildman–Crippen LogP) is 4.66. The van der Waals surface area contributed by atoms with Crippen molar-refractivity contribution in [2.24, 2.45) is 34.5 Å². The van der Waals surface area contributed by atoms with Crippen LogP contribution in [0, 0.1) is 40.3 Å². The van der Waals surface area contributed by atoms with Crippen LogP contribution in [0.5, 0.6) is 0 Å². The van der Waals surface area contributed by atoms with Gasteiger partial charge in [0.1, 0.15) is 17.5 Å². The summed E-state index contributed by atoms with van der Waals surface area (Å²) in [5.41, 5.74) is -2.05. The lowest BCUT2D eigenvalue weighted by Gasteiger charge is -2.52. The zero-order valence-electron chi connectivity index (χ0n) is 23.6. The lowest BCUT2D eigenvalue weighted by molar-refractivity contribution is -0.302. The van der Waals surface area contributed by atoms with Crippen molar-refractivity contribution in [3.8, 4) is 0 Å². The summed E-state index contributed by atoms with van der Waals surface area (Å²) in [5, 5.41) is 15.9. The summed E-state index contributed by atoms with van der Waals surface area (Å²) >= 11 is 0. The highest BCUT2D eigenvalue weighted by atomic mass is 19.1. The van der Waals surface area contributed by atoms with E-state index < -0.39 is 46.7 Å². The van der Waals surface area contributed by atoms with Crippen LogP contribution >= 0.6 is 0 Å². The van der Waals surface area contributed by atoms with Gasteiger partial charge >= 0.3 is 5.97 Å². The molecular weight excluding hydrogens is 501 g/mol. The Bertz CT molecular complexity index is 1330. The summed E-state index contributed by atoms with van der Waals surface area (Å²) in [6.07, 6.45) is 2.34. The average molecular weight is 540 g/mol. The van der Waals surface area contributed by atoms with Gasteiger partial charge in [-0.3, -0.25) is 4.79 Å². The number of fused-ring (bicyclic) bond motifs is 5. The topological polar surface area (TPSA) is 94.1 Å². The number of ether oxygens (including phenoxy) is 3. The molecule has 4 aliphatic carbocycles. The van der Waals surface area contributed by atoms with E-state index in [9.17, 15) is 19.1 Å². The average Bonchev–Trinajstić information content (AvgIpc) is 3.36. The van der Waals surface area contributed by atoms with Crippen LogP contribution in [0.1, 0.15) is 58.3 Å². The number of nitrogens with one attached hydrogen (secondary N) is 1. The Balaban J connectivity index is 1.52. The molecule has 0 radical (unpaired) electrons. The first-order valence-corrected chi connectivity index (χ1v) is 13.9. The normalized spacial score (nSPS) is 41.1. The highest BCUT2D eigenvalue weighted by molar-refractivity contribution is 5.98. The molecule has 39 heavy (non-hydrogen) atoms. The van der Waals surface area contributed by atoms with Gasteiger partial charge in [-0.15, -0.1) is 0 Å². The number of anilines is 1. The summed E-state index contributed by atoms with van der Waals surface area (Å²) in [5.74, 6) is -2.98. The third kappa shape index (κ3) is 3.37. The minimum Gasteiger partial charge on any atom is -0.451 e. The molecule has 1 aliphatic heterocycles. The molecule has 5 aliphatic rings. The SMILES string of the molecule is CNc1cccc(F)c1C(=O)O[C@H]1C(C)=C[C@@]23C(=O)[C@@H](C=C4COC(C)(C)O[C@H]4[C@]12O)[C@H]1[C@@H](C[C@H]3C)C1(C)C. The summed E-state index contributed by atoms with van der Waals surface area (Å²) in [7, 11) is 1.59. The predicted molar refractivity (Wildman–Crippen MR) is 142 cm³/mol. The fourth-order valence-corrected chi connectivity index (χ4v) is 8.41. The van der Waals surface area contributed by atoms with Crippen LogP contribution in [0.15, 0.2) is 41.5 Å². The molecule has 0 unspecified atom stereocenters. The van der Waals surface area contributed by atoms with Crippen LogP contribution in [0.25, 0.3) is 0 Å². The van der Waals surface area contributed by atoms with E-state index in [-0.39, 0.29) is 40.9 Å². The summed E-state index contributed by atoms with van der Waals surface area (Å²) < 4.78 is 33.4. The van der Waals surface area contributed by atoms with Gasteiger partial charge in [-0.2, -0.15) is 0 Å². The molecule has 8 atom stereocenters. The van der Waals surface area contributed by atoms with E-state index in [1.807, 2.05) is 19.1 Å². The maximum absolute atomic E-state index is 14.9. The van der Waals surface area contributed by atoms with Crippen molar-refractivity contribution in [3.05, 3.63) is 52.9 Å². The lowest BCUT2D eigenvalue weighted by Crippen LogP contribution is -2.68. The highest BCUT2D eigenvalue weighted by Crippen LogP contribution is 2.72. The molecule has 6 rings (SSSR count). The number of aliphatic hydroxyl groups is 1. The van der Waals surface area contributed by atoms with E-state index in [0.29, 0.717) is 17.1 Å². The van der Waals surface area contributed by atoms with Crippen molar-refractivity contribution >= 4 is 17.4 Å². The van der Waals surface area contributed by atoms with Crippen molar-refractivity contribution in [2.75, 3.05) is 19.0 Å². The van der Waals surface area contributed by atoms with Crippen molar-refractivity contribution in [1.82, 2.24) is 0 Å². The number of ketones is 1. The molecule has 0 amide bonds. The fraction of sp³-hybridized carbons (Fsp3) is 0.613. The Morgan fingerprint density at radius 1 is 1.23 bits per heavy atom. The molecule has 2 N–H and O–H groups in total. The van der Waals surface area contributed by atoms with Crippen LogP contribution in [0.3, 0.4) is 0 Å². The summed E-state index contributed by atoms with van der Waals surface area (Å²) in [4.78, 5) is 28.3. The number of carbonyl (C=O) groups is 2. The number of hydrogen-bond acceptors (Lipinski definition) is 7. The van der Waals surface area contributed by atoms with E-state index in [0.717, 1.165) is 6.42 Å². The largest absolute Gasteiger partial charge is 0.451 e. The molecule has 2 bridgehead atoms. The second kappa shape index (κ2) is 8.24. The van der Waals surface area contributed by atoms with Crippen molar-refractivity contribution in [2.45, 2.75) is 71.6 Å². The molecule has 1 spiro atoms. The Labute approximate surface area is 228 Å². The number of hydrogen-bond donors (Lipinski definition) is 2. The van der Waals surface area contributed by atoms with Crippen LogP contribution in [-0.4, -0.2) is 54.1 Å². The first-order chi connectivity index (χ1) is 18.2. The molecule has 0 aromatic heterocycles. The molecule has 1 aromatic rings. The number of benzene rings is 1. The minimum absolute atomic E-state index is 0.00151. The van der Waals surface area contributed by atoms with Gasteiger partial charge in [0.2, 0.25) is 0 Å². The van der Waals surface area contributed by atoms with E-state index in [1.54, 1.807) is 33.9 Å². The Morgan fingerprint density at radius 3 is 2.64 bits per heavy atom. The number of esters is 1. The van der Waals surface area contributed by atoms with Gasteiger partial charge in [0.25, 0.3) is 0 Å². The minimum atomic E-state index is -1.95. The van der Waals surface area contributed by atoms with E-state index in [1.165, 1.54) is 12.1 Å². The first-order valence-electron chi connectivity index (χ1n) is 13.9. The maximum atomic E-state index is 14.9. The number of Topliss-reactive ketones (excluding diaryl/α,β-unsaturated/α-hetero) is 1. The second-order valence-corrected chi connectivity index (χ2v) is 13.2. The van der Waals surface area contributed by atoms with Crippen molar-refractivity contribution in [3.63, 3.8) is 0 Å². The zero-order chi connectivity index (χ0) is 28.3. The number of carbonyl (C=O) groups excluding carboxylic acids is 2. The van der Waals surface area contributed by atoms with Gasteiger partial charge in [0.05, 0.1) is 17.7 Å². The van der Waals surface area contributed by atoms with Crippen molar-refractivity contribution in [1.29, 1.82) is 0 Å². The molecule has 7 nitrogen and oxygen atoms in total. The number of rotatable bonds is 3. The Hall–Kier alpha value is -2.55. The van der Waals surface area contributed by atoms with Gasteiger partial charge in [-0.1, -0.05) is 39.0 Å². The summed E-state index contributed by atoms with van der Waals surface area (Å²) in [6.45, 7) is 11.9. The maximum Gasteiger partial charge on any atom is 0.343 e. The fourth-order valence-electron chi connectivity index (χ4n) is 8.41. The number of allylic oxidation sites excluding steroid dienone is 1. The molecule has 3 fully saturated rings. The van der Waals surface area contributed by atoms with Gasteiger partial charge in [0.15, 0.2) is 23.3 Å². The molecule has 2 saturated carbocycles. The molecule has 1 heterocycles. The third-order valence-corrected chi connectivity index (χ3v) is 10.4. The summed E-state index contributed by atoms with van der Waals surface area (Å²) in [6, 6.07) is 4.27. The van der Waals surface area contributed by atoms with Crippen LogP contribution < -0.4 is 5.32 Å². The monoisotopic (exact) mass is 539 g/mol. The van der Waals surface area contributed by atoms with Crippen LogP contribution in [-0.2, 0) is 19.0 Å². The number of halogens is 1. The molecular formula is C31H38FNO6. The van der Waals surface area contributed by atoms with E-state index >= 15 is 0 Å². The quantitative estimate of drug-likeness (QED) is 0.426. The zero-order valence-corrected chi connectivity index (χ0v) is 23.6. The smallest absolute Gasteiger partial charge is 0.343 e. The molecule has 210 valence electrons. The molecule has 8 heteroatoms. The third-order valence-electron chi connectivity index (χ3n) is 10.4. The van der Waals surface area contributed by atoms with Gasteiger partial charge in [0, 0.05) is 13.0 Å². The highest BCUT2D eigenvalue weighted by Gasteiger charge is 2.77. The molecule has 1 saturated heterocycles. The van der Waals surface area contributed by atoms with Crippen LogP contribution in [0.4, 0.5) is 10.1 Å². The lowest BCUT2D eigenvalue weighted by atomic mass is 9.59. The van der Waals surface area contributed by atoms with Crippen LogP contribution in [0.2, 0.25) is 0 Å². The molecule has 1 aromatic carbocycles. The van der Waals surface area contributed by atoms with Gasteiger partial charge < -0.3 is 24.6 Å². The Kier molecular flexibility index (Phi) is 5.63. The first kappa shape index (κ1) is 26.7. The second-order valence-electron chi connectivity index (χ2n) is 13.2. The standard InChI is InChI=1S/C31H38FNO6/c1-15-13-30-16(2)11-19-23(28(19,3)4)18(24(30)34)12-17-14-37-29(5,6)39-26(17)31(30,36)25(15)38-27(35)22-20(32)9-8-10-21(22)33-7/h8-10,12-13,16,18-19,23,25-26,33,36H,11,14H2,1-7H3/t16-,18+,19-,23+,25+,26-,30-,31-/m1/s1. The Morgan fingerprint density at radius 2 is 1.95 bits per heavy atom. The van der Waals surface area contributed by atoms with E-state index in [2.05, 4.69) is 19.2 Å². The van der Waals surface area contributed by atoms with Gasteiger partial charge in [-0.25, -0.2) is 9.18 Å². The van der Waals surface area contributed by atoms with Gasteiger partial charge in [-0.05, 0) is 73.6 Å².